The molecule has 0 saturated carbocycles. The molecule has 23 heavy (non-hydrogen) atoms. The van der Waals surface area contributed by atoms with Crippen molar-refractivity contribution in [1.82, 2.24) is 9.21 Å². The highest BCUT2D eigenvalue weighted by molar-refractivity contribution is 7.89. The topological polar surface area (TPSA) is 81.5 Å². The molecule has 1 heterocycles. The number of hydrogen-bond donors (Lipinski definition) is 0. The van der Waals surface area contributed by atoms with E-state index >= 15 is 0 Å². The Balaban J connectivity index is 2.17. The van der Waals surface area contributed by atoms with Gasteiger partial charge in [0.2, 0.25) is 10.0 Å². The van der Waals surface area contributed by atoms with E-state index in [1.165, 1.54) is 24.3 Å². The number of amides is 1. The number of nitriles is 1. The number of alkyl halides is 3. The molecular weight excluding hydrogens is 335 g/mol. The van der Waals surface area contributed by atoms with E-state index in [4.69, 9.17) is 5.26 Å². The van der Waals surface area contributed by atoms with Gasteiger partial charge in [-0.1, -0.05) is 12.1 Å². The first-order valence-corrected chi connectivity index (χ1v) is 7.97. The van der Waals surface area contributed by atoms with Crippen molar-refractivity contribution in [1.29, 1.82) is 5.26 Å². The Morgan fingerprint density at radius 2 is 1.70 bits per heavy atom. The predicted octanol–water partition coefficient (Wildman–Crippen LogP) is 0.953. The molecule has 1 amide bonds. The summed E-state index contributed by atoms with van der Waals surface area (Å²) in [6.07, 6.45) is -4.98. The molecule has 1 fully saturated rings. The van der Waals surface area contributed by atoms with Crippen LogP contribution in [0.3, 0.4) is 0 Å². The van der Waals surface area contributed by atoms with Crippen molar-refractivity contribution < 1.29 is 26.4 Å². The molecule has 0 bridgehead atoms. The van der Waals surface area contributed by atoms with Gasteiger partial charge in [-0.25, -0.2) is 8.42 Å². The van der Waals surface area contributed by atoms with Gasteiger partial charge in [-0.05, 0) is 12.1 Å². The smallest absolute Gasteiger partial charge is 0.332 e. The maximum Gasteiger partial charge on any atom is 0.471 e. The molecule has 1 aromatic carbocycles. The number of halogens is 3. The van der Waals surface area contributed by atoms with Crippen LogP contribution in [0.4, 0.5) is 13.2 Å². The van der Waals surface area contributed by atoms with Crippen LogP contribution in [0.15, 0.2) is 29.2 Å². The summed E-state index contributed by atoms with van der Waals surface area (Å²) in [5.74, 6) is -1.98. The first-order chi connectivity index (χ1) is 10.7. The van der Waals surface area contributed by atoms with Crippen LogP contribution >= 0.6 is 0 Å². The van der Waals surface area contributed by atoms with Crippen LogP contribution in [0.5, 0.6) is 0 Å². The van der Waals surface area contributed by atoms with Gasteiger partial charge >= 0.3 is 12.1 Å². The number of carbonyl (C=O) groups is 1. The molecule has 1 aromatic rings. The number of rotatable bonds is 2. The summed E-state index contributed by atoms with van der Waals surface area (Å²) in [6.45, 7) is -1.23. The van der Waals surface area contributed by atoms with E-state index < -0.39 is 22.1 Å². The standard InChI is InChI=1S/C13H12F3N3O3S/c14-13(15,16)12(20)18-5-7-19(8-6-18)23(21,22)11-4-2-1-3-10(11)9-17/h1-4H,5-8H2. The van der Waals surface area contributed by atoms with Gasteiger partial charge in [0, 0.05) is 26.2 Å². The van der Waals surface area contributed by atoms with Crippen LogP contribution in [0.1, 0.15) is 5.56 Å². The minimum atomic E-state index is -4.98. The van der Waals surface area contributed by atoms with Crippen molar-refractivity contribution in [3.63, 3.8) is 0 Å². The third-order valence-electron chi connectivity index (χ3n) is 3.39. The second-order valence-electron chi connectivity index (χ2n) is 4.80. The minimum absolute atomic E-state index is 0.0405. The molecule has 0 spiro atoms. The third kappa shape index (κ3) is 3.46. The fourth-order valence-electron chi connectivity index (χ4n) is 2.23. The highest BCUT2D eigenvalue weighted by Gasteiger charge is 2.44. The molecule has 1 aliphatic rings. The van der Waals surface area contributed by atoms with Gasteiger partial charge in [-0.3, -0.25) is 4.79 Å². The summed E-state index contributed by atoms with van der Waals surface area (Å²) < 4.78 is 63.1. The largest absolute Gasteiger partial charge is 0.471 e. The van der Waals surface area contributed by atoms with Crippen LogP contribution in [0, 0.1) is 11.3 Å². The lowest BCUT2D eigenvalue weighted by Gasteiger charge is -2.34. The highest BCUT2D eigenvalue weighted by Crippen LogP contribution is 2.23. The molecule has 0 atom stereocenters. The van der Waals surface area contributed by atoms with Crippen LogP contribution in [-0.4, -0.2) is 55.9 Å². The average Bonchev–Trinajstić information content (AvgIpc) is 2.53. The summed E-state index contributed by atoms with van der Waals surface area (Å²) >= 11 is 0. The molecule has 124 valence electrons. The van der Waals surface area contributed by atoms with Crippen molar-refractivity contribution in [3.05, 3.63) is 29.8 Å². The second kappa shape index (κ2) is 6.17. The van der Waals surface area contributed by atoms with Crippen molar-refractivity contribution in [2.24, 2.45) is 0 Å². The van der Waals surface area contributed by atoms with Gasteiger partial charge in [-0.15, -0.1) is 0 Å². The molecule has 0 radical (unpaired) electrons. The van der Waals surface area contributed by atoms with Gasteiger partial charge in [0.15, 0.2) is 0 Å². The maximum absolute atomic E-state index is 12.5. The number of nitrogens with zero attached hydrogens (tertiary/aromatic N) is 3. The molecule has 1 saturated heterocycles. The number of benzene rings is 1. The van der Waals surface area contributed by atoms with E-state index in [0.717, 1.165) is 4.31 Å². The SMILES string of the molecule is N#Cc1ccccc1S(=O)(=O)N1CCN(C(=O)C(F)(F)F)CC1. The highest BCUT2D eigenvalue weighted by atomic mass is 32.2. The van der Waals surface area contributed by atoms with E-state index in [2.05, 4.69) is 0 Å². The Kier molecular flexibility index (Phi) is 4.63. The Hall–Kier alpha value is -2.12. The van der Waals surface area contributed by atoms with Gasteiger partial charge in [0.05, 0.1) is 10.5 Å². The molecule has 0 aliphatic carbocycles. The van der Waals surface area contributed by atoms with Gasteiger partial charge < -0.3 is 4.90 Å². The Labute approximate surface area is 130 Å². The zero-order valence-corrected chi connectivity index (χ0v) is 12.6. The number of hydrogen-bond acceptors (Lipinski definition) is 4. The molecule has 0 unspecified atom stereocenters. The molecule has 1 aliphatic heterocycles. The zero-order valence-electron chi connectivity index (χ0n) is 11.7. The normalized spacial score (nSPS) is 16.9. The summed E-state index contributed by atoms with van der Waals surface area (Å²) in [4.78, 5) is 11.5. The number of sulfonamides is 1. The number of carbonyl (C=O) groups excluding carboxylic acids is 1. The van der Waals surface area contributed by atoms with Crippen LogP contribution in [-0.2, 0) is 14.8 Å². The van der Waals surface area contributed by atoms with E-state index in [0.29, 0.717) is 4.90 Å². The molecule has 0 N–H and O–H groups in total. The second-order valence-corrected chi connectivity index (χ2v) is 6.71. The summed E-state index contributed by atoms with van der Waals surface area (Å²) in [7, 11) is -4.00. The van der Waals surface area contributed by atoms with Gasteiger partial charge in [0.1, 0.15) is 6.07 Å². The van der Waals surface area contributed by atoms with Gasteiger partial charge in [-0.2, -0.15) is 22.7 Å². The van der Waals surface area contributed by atoms with Crippen molar-refractivity contribution in [3.8, 4) is 6.07 Å². The Morgan fingerprint density at radius 1 is 1.13 bits per heavy atom. The van der Waals surface area contributed by atoms with Crippen molar-refractivity contribution in [2.45, 2.75) is 11.1 Å². The lowest BCUT2D eigenvalue weighted by Crippen LogP contribution is -2.53. The first kappa shape index (κ1) is 17.2. The maximum atomic E-state index is 12.5. The minimum Gasteiger partial charge on any atom is -0.332 e. The summed E-state index contributed by atoms with van der Waals surface area (Å²) in [6, 6.07) is 7.34. The quantitative estimate of drug-likeness (QED) is 0.798. The van der Waals surface area contributed by atoms with Crippen LogP contribution < -0.4 is 0 Å². The predicted molar refractivity (Wildman–Crippen MR) is 72.6 cm³/mol. The Morgan fingerprint density at radius 3 is 2.22 bits per heavy atom. The first-order valence-electron chi connectivity index (χ1n) is 6.53. The van der Waals surface area contributed by atoms with Crippen LogP contribution in [0.25, 0.3) is 0 Å². The molecule has 2 rings (SSSR count). The van der Waals surface area contributed by atoms with Crippen molar-refractivity contribution in [2.75, 3.05) is 26.2 Å². The summed E-state index contributed by atoms with van der Waals surface area (Å²) in [5.41, 5.74) is -0.0405. The molecular formula is C13H12F3N3O3S. The van der Waals surface area contributed by atoms with Crippen molar-refractivity contribution >= 4 is 15.9 Å². The lowest BCUT2D eigenvalue weighted by molar-refractivity contribution is -0.186. The van der Waals surface area contributed by atoms with E-state index in [9.17, 15) is 26.4 Å². The number of piperazine rings is 1. The third-order valence-corrected chi connectivity index (χ3v) is 5.35. The monoisotopic (exact) mass is 347 g/mol. The summed E-state index contributed by atoms with van der Waals surface area (Å²) in [5, 5.41) is 8.97. The molecule has 10 heteroatoms. The van der Waals surface area contributed by atoms with E-state index in [1.807, 2.05) is 0 Å². The van der Waals surface area contributed by atoms with E-state index in [1.54, 1.807) is 6.07 Å². The van der Waals surface area contributed by atoms with E-state index in [-0.39, 0.29) is 36.6 Å². The molecule has 6 nitrogen and oxygen atoms in total. The average molecular weight is 347 g/mol. The zero-order chi connectivity index (χ0) is 17.3. The fourth-order valence-corrected chi connectivity index (χ4v) is 3.80. The Bertz CT molecular complexity index is 748. The van der Waals surface area contributed by atoms with Gasteiger partial charge in [0.25, 0.3) is 0 Å². The lowest BCUT2D eigenvalue weighted by atomic mass is 10.2. The molecule has 0 aromatic heterocycles. The fraction of sp³-hybridized carbons (Fsp3) is 0.385. The van der Waals surface area contributed by atoms with Crippen LogP contribution in [0.2, 0.25) is 0 Å².